The lowest BCUT2D eigenvalue weighted by Crippen LogP contribution is -2.53. The summed E-state index contributed by atoms with van der Waals surface area (Å²) in [5.41, 5.74) is 15.3. The number of likely N-dealkylation sites (tertiary alicyclic amines) is 2. The summed E-state index contributed by atoms with van der Waals surface area (Å²) in [6.07, 6.45) is 9.65. The molecule has 2 aliphatic heterocycles. The smallest absolute Gasteiger partial charge is 0.264 e. The number of aromatic hydroxyl groups is 2. The SMILES string of the molecule is C=NNC(C(=O)NCC)N(Cc1cc(C(C)C)c(O)cc1O)c1ccc(CN2CCC(C)CC2)cc1.Cc1ccc(F)c(Cl)c1COc1cc(-c2cnn(C3CCN(C=O)CC3)c2)cnc1N. The number of phenols is 2. The molecule has 2 aliphatic rings. The molecule has 1 atom stereocenters. The highest BCUT2D eigenvalue weighted by atomic mass is 35.5. The Morgan fingerprint density at radius 2 is 1.76 bits per heavy atom. The third-order valence-corrected chi connectivity index (χ3v) is 12.9. The number of halogens is 2. The second-order valence-corrected chi connectivity index (χ2v) is 18.0. The summed E-state index contributed by atoms with van der Waals surface area (Å²) in [7, 11) is 0. The average molecular weight is 940 g/mol. The lowest BCUT2D eigenvalue weighted by atomic mass is 9.98. The Labute approximate surface area is 397 Å². The van der Waals surface area contributed by atoms with E-state index in [4.69, 9.17) is 22.1 Å². The largest absolute Gasteiger partial charge is 0.508 e. The molecule has 7 rings (SSSR count). The minimum absolute atomic E-state index is 0.0286. The molecule has 15 nitrogen and oxygen atoms in total. The van der Waals surface area contributed by atoms with Crippen molar-refractivity contribution in [2.24, 2.45) is 11.0 Å². The molecule has 0 spiro atoms. The first kappa shape index (κ1) is 50.0. The van der Waals surface area contributed by atoms with Gasteiger partial charge in [0, 0.05) is 85.8 Å². The molecule has 2 saturated heterocycles. The Morgan fingerprint density at radius 3 is 2.42 bits per heavy atom. The maximum absolute atomic E-state index is 13.8. The first-order valence-corrected chi connectivity index (χ1v) is 23.2. The summed E-state index contributed by atoms with van der Waals surface area (Å²) in [6.45, 7) is 18.8. The fourth-order valence-electron chi connectivity index (χ4n) is 8.33. The summed E-state index contributed by atoms with van der Waals surface area (Å²) in [5, 5.41) is 32.1. The van der Waals surface area contributed by atoms with Crippen LogP contribution in [0.25, 0.3) is 11.1 Å². The Balaban J connectivity index is 0.000000223. The van der Waals surface area contributed by atoms with Crippen LogP contribution >= 0.6 is 11.6 Å². The first-order chi connectivity index (χ1) is 32.2. The molecule has 358 valence electrons. The maximum Gasteiger partial charge on any atom is 0.264 e. The fourth-order valence-corrected chi connectivity index (χ4v) is 8.60. The van der Waals surface area contributed by atoms with Crippen LogP contribution in [-0.4, -0.2) is 92.7 Å². The minimum Gasteiger partial charge on any atom is -0.508 e. The van der Waals surface area contributed by atoms with Crippen LogP contribution in [0.15, 0.2) is 78.3 Å². The molecule has 1 unspecified atom stereocenters. The van der Waals surface area contributed by atoms with E-state index in [0.717, 1.165) is 85.8 Å². The summed E-state index contributed by atoms with van der Waals surface area (Å²) < 4.78 is 21.6. The molecule has 0 bridgehead atoms. The number of carbonyl (C=O) groups is 2. The molecule has 2 amide bonds. The Morgan fingerprint density at radius 1 is 1.04 bits per heavy atom. The van der Waals surface area contributed by atoms with Gasteiger partial charge in [-0.05, 0) is 111 Å². The van der Waals surface area contributed by atoms with Gasteiger partial charge in [0.2, 0.25) is 6.41 Å². The fraction of sp³-hybridized carbons (Fsp3) is 0.420. The number of likely N-dealkylation sites (N-methyl/N-ethyl adjacent to an activating group) is 1. The zero-order valence-corrected chi connectivity index (χ0v) is 39.8. The Bertz CT molecular complexity index is 2450. The van der Waals surface area contributed by atoms with Crippen molar-refractivity contribution in [3.63, 3.8) is 0 Å². The van der Waals surface area contributed by atoms with Crippen LogP contribution in [0.4, 0.5) is 15.9 Å². The number of anilines is 2. The van der Waals surface area contributed by atoms with E-state index in [2.05, 4.69) is 56.6 Å². The number of aromatic nitrogens is 3. The third-order valence-electron chi connectivity index (χ3n) is 12.5. The van der Waals surface area contributed by atoms with Crippen molar-refractivity contribution in [1.82, 2.24) is 35.3 Å². The van der Waals surface area contributed by atoms with E-state index in [1.807, 2.05) is 55.6 Å². The van der Waals surface area contributed by atoms with Crippen molar-refractivity contribution in [3.05, 3.63) is 112 Å². The zero-order chi connectivity index (χ0) is 48.2. The van der Waals surface area contributed by atoms with Crippen molar-refractivity contribution in [3.8, 4) is 28.4 Å². The van der Waals surface area contributed by atoms with Crippen LogP contribution in [0, 0.1) is 18.7 Å². The van der Waals surface area contributed by atoms with Crippen LogP contribution in [-0.2, 0) is 29.3 Å². The van der Waals surface area contributed by atoms with E-state index in [0.29, 0.717) is 23.4 Å². The summed E-state index contributed by atoms with van der Waals surface area (Å²) in [4.78, 5) is 34.2. The maximum atomic E-state index is 13.8. The van der Waals surface area contributed by atoms with Crippen molar-refractivity contribution < 1.29 is 28.9 Å². The van der Waals surface area contributed by atoms with Gasteiger partial charge in [0.15, 0.2) is 17.7 Å². The number of benzene rings is 3. The number of aryl methyl sites for hydroxylation is 1. The number of rotatable bonds is 17. The number of nitrogens with zero attached hydrogens (tertiary/aromatic N) is 7. The average Bonchev–Trinajstić information content (AvgIpc) is 3.82. The van der Waals surface area contributed by atoms with E-state index < -0.39 is 12.0 Å². The summed E-state index contributed by atoms with van der Waals surface area (Å²) >= 11 is 6.09. The van der Waals surface area contributed by atoms with Crippen molar-refractivity contribution in [2.75, 3.05) is 43.4 Å². The van der Waals surface area contributed by atoms with Gasteiger partial charge in [-0.25, -0.2) is 9.37 Å². The highest BCUT2D eigenvalue weighted by molar-refractivity contribution is 6.31. The van der Waals surface area contributed by atoms with Crippen molar-refractivity contribution in [2.45, 2.75) is 98.1 Å². The normalized spacial score (nSPS) is 15.1. The molecule has 3 aromatic carbocycles. The quantitative estimate of drug-likeness (QED) is 0.0262. The number of ether oxygens (including phenoxy) is 1. The van der Waals surface area contributed by atoms with Crippen molar-refractivity contribution in [1.29, 1.82) is 0 Å². The van der Waals surface area contributed by atoms with E-state index in [1.54, 1.807) is 35.5 Å². The molecule has 67 heavy (non-hydrogen) atoms. The highest BCUT2D eigenvalue weighted by Gasteiger charge is 2.28. The second-order valence-electron chi connectivity index (χ2n) is 17.7. The van der Waals surface area contributed by atoms with E-state index in [9.17, 15) is 24.2 Å². The Kier molecular flexibility index (Phi) is 17.4. The molecule has 2 fully saturated rings. The molecule has 2 aromatic heterocycles. The standard InChI is InChI=1S/C28H41N5O3.C22H23ClFN5O2/c1-6-30-28(36)27(31-29-5)33(18-22-15-24(19(2)3)26(35)16-25(22)34)23-9-7-21(8-10-23)17-32-13-11-20(4)12-14-32;1-14-2-3-19(24)21(23)18(14)12-31-20-8-15(9-26-22(20)25)16-10-27-29(11-16)17-4-6-28(13-30)7-5-17/h7-10,15-16,19-20,27,31,34-35H,5-6,11-14,17-18H2,1-4H3,(H,30,36);2-3,8-11,13,17H,4-7,12H2,1H3,(H2,25,26). The number of carbonyl (C=O) groups excluding carboxylic acids is 2. The molecule has 4 heterocycles. The van der Waals surface area contributed by atoms with E-state index in [-0.39, 0.29) is 53.4 Å². The minimum atomic E-state index is -0.840. The number of nitrogens with one attached hydrogen (secondary N) is 2. The van der Waals surface area contributed by atoms with Crippen LogP contribution in [0.1, 0.15) is 93.2 Å². The molecule has 6 N–H and O–H groups in total. The van der Waals surface area contributed by atoms with Gasteiger partial charge in [-0.15, -0.1) is 0 Å². The van der Waals surface area contributed by atoms with E-state index >= 15 is 0 Å². The van der Waals surface area contributed by atoms with Crippen LogP contribution in [0.3, 0.4) is 0 Å². The van der Waals surface area contributed by atoms with Gasteiger partial charge in [0.25, 0.3) is 5.91 Å². The monoisotopic (exact) mass is 938 g/mol. The number of nitrogen functional groups attached to an aromatic ring is 1. The lowest BCUT2D eigenvalue weighted by Gasteiger charge is -2.33. The van der Waals surface area contributed by atoms with Crippen LogP contribution in [0.2, 0.25) is 5.02 Å². The number of amides is 2. The first-order valence-electron chi connectivity index (χ1n) is 22.9. The van der Waals surface area contributed by atoms with E-state index in [1.165, 1.54) is 30.5 Å². The molecular formula is C50H64ClFN10O5. The number of pyridine rings is 1. The molecule has 0 radical (unpaired) electrons. The number of hydrazone groups is 1. The molecule has 5 aromatic rings. The Hall–Kier alpha value is -6.39. The summed E-state index contributed by atoms with van der Waals surface area (Å²) in [6, 6.07) is 16.4. The van der Waals surface area contributed by atoms with Gasteiger partial charge in [-0.3, -0.25) is 24.6 Å². The molecular weight excluding hydrogens is 875 g/mol. The predicted octanol–water partition coefficient (Wildman–Crippen LogP) is 8.13. The highest BCUT2D eigenvalue weighted by Crippen LogP contribution is 2.35. The van der Waals surface area contributed by atoms with Gasteiger partial charge in [0.1, 0.15) is 23.9 Å². The third kappa shape index (κ3) is 12.9. The second kappa shape index (κ2) is 23.4. The predicted molar refractivity (Wildman–Crippen MR) is 262 cm³/mol. The molecule has 17 heteroatoms. The number of phenolic OH excluding ortho intramolecular Hbond substituents is 2. The molecule has 0 aliphatic carbocycles. The number of hydrogen-bond acceptors (Lipinski definition) is 12. The number of hydrogen-bond donors (Lipinski definition) is 5. The van der Waals surface area contributed by atoms with Crippen LogP contribution < -0.4 is 26.1 Å². The number of piperidine rings is 2. The van der Waals surface area contributed by atoms with Gasteiger partial charge < -0.3 is 35.8 Å². The van der Waals surface area contributed by atoms with Gasteiger partial charge in [-0.2, -0.15) is 10.2 Å². The topological polar surface area (TPSA) is 187 Å². The van der Waals surface area contributed by atoms with Crippen LogP contribution in [0.5, 0.6) is 17.2 Å². The lowest BCUT2D eigenvalue weighted by molar-refractivity contribution is -0.123. The number of nitrogens with two attached hydrogens (primary N) is 1. The zero-order valence-electron chi connectivity index (χ0n) is 39.1. The summed E-state index contributed by atoms with van der Waals surface area (Å²) in [5.74, 6) is 0.783. The molecule has 0 saturated carbocycles. The van der Waals surface area contributed by atoms with Gasteiger partial charge in [-0.1, -0.05) is 50.6 Å². The van der Waals surface area contributed by atoms with Crippen molar-refractivity contribution >= 4 is 42.1 Å². The van der Waals surface area contributed by atoms with Gasteiger partial charge in [0.05, 0.1) is 17.3 Å². The van der Waals surface area contributed by atoms with Gasteiger partial charge >= 0.3 is 0 Å².